The summed E-state index contributed by atoms with van der Waals surface area (Å²) in [6.45, 7) is 7.89. The van der Waals surface area contributed by atoms with Crippen LogP contribution < -0.4 is 10.6 Å². The molecule has 2 heterocycles. The monoisotopic (exact) mass is 461 g/mol. The van der Waals surface area contributed by atoms with E-state index in [1.54, 1.807) is 0 Å². The minimum absolute atomic E-state index is 0. The normalized spacial score (nSPS) is 12.5. The molecule has 5 nitrogen and oxygen atoms in total. The van der Waals surface area contributed by atoms with Crippen LogP contribution >= 0.6 is 35.3 Å². The van der Waals surface area contributed by atoms with Gasteiger partial charge in [0.05, 0.1) is 0 Å². The topological polar surface area (TPSA) is 54.2 Å². The molecular formula is C17H28IN5S. The third kappa shape index (κ3) is 8.14. The first-order chi connectivity index (χ1) is 11.3. The second kappa shape index (κ2) is 12.3. The van der Waals surface area contributed by atoms with E-state index in [-0.39, 0.29) is 24.0 Å². The van der Waals surface area contributed by atoms with Crippen LogP contribution in [0.5, 0.6) is 0 Å². The van der Waals surface area contributed by atoms with E-state index in [0.29, 0.717) is 5.92 Å². The Labute approximate surface area is 166 Å². The lowest BCUT2D eigenvalue weighted by Gasteiger charge is -2.13. The number of nitrogens with one attached hydrogen (secondary N) is 2. The van der Waals surface area contributed by atoms with Crippen molar-refractivity contribution in [2.75, 3.05) is 19.6 Å². The molecule has 24 heavy (non-hydrogen) atoms. The van der Waals surface area contributed by atoms with E-state index in [9.17, 15) is 0 Å². The van der Waals surface area contributed by atoms with Crippen molar-refractivity contribution in [3.05, 3.63) is 40.8 Å². The van der Waals surface area contributed by atoms with Gasteiger partial charge in [-0.15, -0.1) is 35.3 Å². The molecule has 0 aliphatic carbocycles. The van der Waals surface area contributed by atoms with Crippen LogP contribution in [0.3, 0.4) is 0 Å². The zero-order valence-electron chi connectivity index (χ0n) is 14.4. The smallest absolute Gasteiger partial charge is 0.191 e. The lowest BCUT2D eigenvalue weighted by atomic mass is 10.1. The van der Waals surface area contributed by atoms with Gasteiger partial charge >= 0.3 is 0 Å². The van der Waals surface area contributed by atoms with Crippen LogP contribution in [-0.4, -0.2) is 35.4 Å². The zero-order valence-corrected chi connectivity index (χ0v) is 17.6. The third-order valence-corrected chi connectivity index (χ3v) is 4.35. The van der Waals surface area contributed by atoms with Crippen LogP contribution in [0.4, 0.5) is 0 Å². The van der Waals surface area contributed by atoms with Gasteiger partial charge in [-0.25, -0.2) is 0 Å². The highest BCUT2D eigenvalue weighted by Crippen LogP contribution is 2.14. The van der Waals surface area contributed by atoms with Crippen molar-refractivity contribution in [3.8, 4) is 0 Å². The molecule has 0 fully saturated rings. The Morgan fingerprint density at radius 1 is 1.38 bits per heavy atom. The number of nitrogens with zero attached hydrogens (tertiary/aromatic N) is 3. The number of aryl methyl sites for hydroxylation is 1. The highest BCUT2D eigenvalue weighted by atomic mass is 127. The number of thiophene rings is 1. The van der Waals surface area contributed by atoms with Gasteiger partial charge in [0, 0.05) is 43.4 Å². The van der Waals surface area contributed by atoms with Crippen molar-refractivity contribution in [1.82, 2.24) is 20.4 Å². The Bertz CT molecular complexity index is 554. The van der Waals surface area contributed by atoms with E-state index in [1.807, 2.05) is 34.5 Å². The molecule has 2 N–H and O–H groups in total. The molecule has 134 valence electrons. The van der Waals surface area contributed by atoms with Gasteiger partial charge in [-0.2, -0.15) is 5.10 Å². The maximum absolute atomic E-state index is 4.71. The van der Waals surface area contributed by atoms with Crippen molar-refractivity contribution < 1.29 is 0 Å². The van der Waals surface area contributed by atoms with E-state index >= 15 is 0 Å². The number of halogens is 1. The molecule has 0 bridgehead atoms. The van der Waals surface area contributed by atoms with Gasteiger partial charge < -0.3 is 10.6 Å². The predicted molar refractivity (Wildman–Crippen MR) is 113 cm³/mol. The molecule has 0 amide bonds. The van der Waals surface area contributed by atoms with Gasteiger partial charge in [-0.1, -0.05) is 13.0 Å². The van der Waals surface area contributed by atoms with Crippen molar-refractivity contribution in [3.63, 3.8) is 0 Å². The molecule has 0 aliphatic heterocycles. The van der Waals surface area contributed by atoms with Crippen molar-refractivity contribution in [1.29, 1.82) is 0 Å². The number of aromatic nitrogens is 2. The Balaban J connectivity index is 0.00000288. The van der Waals surface area contributed by atoms with Crippen molar-refractivity contribution >= 4 is 41.3 Å². The molecule has 1 atom stereocenters. The Hall–Kier alpha value is -1.09. The quantitative estimate of drug-likeness (QED) is 0.261. The maximum Gasteiger partial charge on any atom is 0.191 e. The second-order valence-electron chi connectivity index (χ2n) is 5.66. The summed E-state index contributed by atoms with van der Waals surface area (Å²) >= 11 is 1.82. The first-order valence-corrected chi connectivity index (χ1v) is 9.18. The lowest BCUT2D eigenvalue weighted by molar-refractivity contribution is 0.566. The van der Waals surface area contributed by atoms with E-state index in [1.165, 1.54) is 4.88 Å². The summed E-state index contributed by atoms with van der Waals surface area (Å²) in [4.78, 5) is 6.14. The van der Waals surface area contributed by atoms with Gasteiger partial charge in [0.2, 0.25) is 0 Å². The largest absolute Gasteiger partial charge is 0.357 e. The van der Waals surface area contributed by atoms with Crippen LogP contribution in [0.15, 0.2) is 41.0 Å². The molecule has 2 aromatic heterocycles. The van der Waals surface area contributed by atoms with Gasteiger partial charge in [0.15, 0.2) is 5.96 Å². The molecule has 0 radical (unpaired) electrons. The standard InChI is InChI=1S/C17H27N5S.HI/c1-3-18-17(19-8-5-10-22-11-6-9-21-22)20-14-15(2)13-16-7-4-12-23-16;/h4,6-7,9,11-12,15H,3,5,8,10,13-14H2,1-2H3,(H2,18,19,20);1H. The highest BCUT2D eigenvalue weighted by Gasteiger charge is 2.05. The van der Waals surface area contributed by atoms with Crippen LogP contribution in [0.1, 0.15) is 25.1 Å². The molecular weight excluding hydrogens is 433 g/mol. The van der Waals surface area contributed by atoms with Gasteiger partial charge in [-0.3, -0.25) is 9.67 Å². The molecule has 7 heteroatoms. The van der Waals surface area contributed by atoms with Crippen LogP contribution in [0.25, 0.3) is 0 Å². The average molecular weight is 461 g/mol. The number of guanidine groups is 1. The van der Waals surface area contributed by atoms with Gasteiger partial charge in [0.1, 0.15) is 0 Å². The molecule has 0 saturated carbocycles. The van der Waals surface area contributed by atoms with E-state index < -0.39 is 0 Å². The number of rotatable bonds is 9. The molecule has 2 rings (SSSR count). The number of hydrogen-bond donors (Lipinski definition) is 2. The summed E-state index contributed by atoms with van der Waals surface area (Å²) < 4.78 is 1.95. The summed E-state index contributed by atoms with van der Waals surface area (Å²) in [6.07, 6.45) is 5.93. The summed E-state index contributed by atoms with van der Waals surface area (Å²) in [7, 11) is 0. The van der Waals surface area contributed by atoms with Crippen molar-refractivity contribution in [2.24, 2.45) is 10.9 Å². The molecule has 2 aromatic rings. The summed E-state index contributed by atoms with van der Waals surface area (Å²) in [5, 5.41) is 13.1. The Morgan fingerprint density at radius 2 is 2.25 bits per heavy atom. The Kier molecular flexibility index (Phi) is 10.7. The van der Waals surface area contributed by atoms with Crippen LogP contribution in [-0.2, 0) is 13.0 Å². The number of aliphatic imine (C=N–C) groups is 1. The fourth-order valence-corrected chi connectivity index (χ4v) is 3.18. The summed E-state index contributed by atoms with van der Waals surface area (Å²) in [5.74, 6) is 1.46. The first-order valence-electron chi connectivity index (χ1n) is 8.30. The van der Waals surface area contributed by atoms with Crippen molar-refractivity contribution in [2.45, 2.75) is 33.2 Å². The van der Waals surface area contributed by atoms with Crippen LogP contribution in [0.2, 0.25) is 0 Å². The minimum atomic E-state index is 0. The molecule has 0 spiro atoms. The average Bonchev–Trinajstić information content (AvgIpc) is 3.22. The summed E-state index contributed by atoms with van der Waals surface area (Å²) in [6, 6.07) is 6.26. The second-order valence-corrected chi connectivity index (χ2v) is 6.69. The SMILES string of the molecule is CCNC(=NCC(C)Cc1cccs1)NCCCn1cccn1.I. The third-order valence-electron chi connectivity index (χ3n) is 3.45. The van der Waals surface area contributed by atoms with E-state index in [4.69, 9.17) is 4.99 Å². The Morgan fingerprint density at radius 3 is 2.92 bits per heavy atom. The van der Waals surface area contributed by atoms with Crippen LogP contribution in [0, 0.1) is 5.92 Å². The summed E-state index contributed by atoms with van der Waals surface area (Å²) in [5.41, 5.74) is 0. The highest BCUT2D eigenvalue weighted by molar-refractivity contribution is 14.0. The maximum atomic E-state index is 4.71. The lowest BCUT2D eigenvalue weighted by Crippen LogP contribution is -2.38. The molecule has 1 unspecified atom stereocenters. The predicted octanol–water partition coefficient (Wildman–Crippen LogP) is 3.39. The first kappa shape index (κ1) is 21.0. The van der Waals surface area contributed by atoms with Gasteiger partial charge in [0.25, 0.3) is 0 Å². The zero-order chi connectivity index (χ0) is 16.3. The molecule has 0 aromatic carbocycles. The molecule has 0 aliphatic rings. The van der Waals surface area contributed by atoms with E-state index in [2.05, 4.69) is 47.1 Å². The molecule has 0 saturated heterocycles. The number of hydrogen-bond acceptors (Lipinski definition) is 3. The minimum Gasteiger partial charge on any atom is -0.357 e. The van der Waals surface area contributed by atoms with Gasteiger partial charge in [-0.05, 0) is 43.2 Å². The van der Waals surface area contributed by atoms with E-state index in [0.717, 1.165) is 45.0 Å². The fraction of sp³-hybridized carbons (Fsp3) is 0.529. The fourth-order valence-electron chi connectivity index (χ4n) is 2.31.